The molecule has 244 valence electrons. The van der Waals surface area contributed by atoms with E-state index in [2.05, 4.69) is 170 Å². The lowest BCUT2D eigenvalue weighted by molar-refractivity contribution is 0.591. The van der Waals surface area contributed by atoms with Gasteiger partial charge in [-0.2, -0.15) is 0 Å². The van der Waals surface area contributed by atoms with Crippen LogP contribution in [0.4, 0.5) is 0 Å². The average molecular weight is 655 g/mol. The van der Waals surface area contributed by atoms with E-state index in [1.807, 2.05) is 18.5 Å². The van der Waals surface area contributed by atoms with Crippen LogP contribution in [0.3, 0.4) is 0 Å². The second-order valence-corrected chi connectivity index (χ2v) is 15.2. The molecule has 2 nitrogen and oxygen atoms in total. The quantitative estimate of drug-likeness (QED) is 0.173. The number of fused-ring (bicyclic) bond motifs is 3. The number of pyridine rings is 1. The van der Waals surface area contributed by atoms with Gasteiger partial charge >= 0.3 is 0 Å². The van der Waals surface area contributed by atoms with E-state index >= 15 is 0 Å². The molecule has 0 fully saturated rings. The number of hydrogen-bond donors (Lipinski definition) is 0. The first-order valence-corrected chi connectivity index (χ1v) is 18.1. The van der Waals surface area contributed by atoms with Gasteiger partial charge in [-0.3, -0.25) is 4.98 Å². The molecule has 1 atom stereocenters. The van der Waals surface area contributed by atoms with E-state index < -0.39 is 0 Å². The van der Waals surface area contributed by atoms with Crippen LogP contribution in [0.1, 0.15) is 49.8 Å². The highest BCUT2D eigenvalue weighted by molar-refractivity contribution is 6.27. The molecule has 0 N–H and O–H groups in total. The molecule has 10 rings (SSSR count). The maximum Gasteiger partial charge on any atom is 0.0541 e. The zero-order chi connectivity index (χ0) is 34.3. The van der Waals surface area contributed by atoms with Gasteiger partial charge in [-0.15, -0.1) is 0 Å². The number of aromatic nitrogens is 2. The van der Waals surface area contributed by atoms with Crippen LogP contribution in [0.2, 0.25) is 0 Å². The van der Waals surface area contributed by atoms with Gasteiger partial charge in [0, 0.05) is 34.8 Å². The number of hydrogen-bond acceptors (Lipinski definition) is 1. The Morgan fingerprint density at radius 1 is 0.627 bits per heavy atom. The molecule has 9 aromatic rings. The largest absolute Gasteiger partial charge is 0.309 e. The molecule has 0 spiro atoms. The van der Waals surface area contributed by atoms with Gasteiger partial charge in [0.25, 0.3) is 0 Å². The highest BCUT2D eigenvalue weighted by Crippen LogP contribution is 2.45. The Bertz CT molecular complexity index is 2790. The molecule has 2 aromatic heterocycles. The molecule has 0 amide bonds. The third kappa shape index (κ3) is 4.74. The van der Waals surface area contributed by atoms with E-state index in [1.54, 1.807) is 0 Å². The summed E-state index contributed by atoms with van der Waals surface area (Å²) in [7, 11) is 0. The smallest absolute Gasteiger partial charge is 0.0541 e. The molecule has 1 aliphatic rings. The minimum Gasteiger partial charge on any atom is -0.309 e. The van der Waals surface area contributed by atoms with Gasteiger partial charge in [-0.25, -0.2) is 0 Å². The Morgan fingerprint density at radius 3 is 1.98 bits per heavy atom. The summed E-state index contributed by atoms with van der Waals surface area (Å²) in [5, 5.41) is 10.5. The van der Waals surface area contributed by atoms with Crippen LogP contribution >= 0.6 is 0 Å². The fourth-order valence-corrected chi connectivity index (χ4v) is 8.50. The maximum atomic E-state index is 4.39. The van der Waals surface area contributed by atoms with Crippen molar-refractivity contribution in [1.82, 2.24) is 9.55 Å². The fourth-order valence-electron chi connectivity index (χ4n) is 8.50. The minimum atomic E-state index is 0.0660. The SMILES string of the molecule is CC(C)(C)c1cc2ccc3c(C4=CCC(c5cccnc5)C=C4)cc(-c4cccc(-n5c6ccccc6c6ccccc65)c4)c4ccc(c1)c2c34. The van der Waals surface area contributed by atoms with Crippen molar-refractivity contribution in [3.05, 3.63) is 175 Å². The van der Waals surface area contributed by atoms with Crippen LogP contribution in [0.25, 0.3) is 76.5 Å². The highest BCUT2D eigenvalue weighted by Gasteiger charge is 2.22. The van der Waals surface area contributed by atoms with E-state index in [0.717, 1.165) is 6.42 Å². The molecule has 0 saturated carbocycles. The molecule has 51 heavy (non-hydrogen) atoms. The standard InChI is InChI=1S/C49H38N2/c1-49(2,3)37-26-34-21-23-41-43(32-19-17-31(18-20-32)36-11-9-25-50-30-36)29-44(42-24-22-35(27-37)47(34)48(41)42)33-10-8-12-38(28-33)51-45-15-6-4-13-39(45)40-14-5-7-16-46(40)51/h4-17,19-31H,18H2,1-3H3. The molecule has 1 unspecified atom stereocenters. The van der Waals surface area contributed by atoms with Crippen LogP contribution in [-0.4, -0.2) is 9.55 Å². The Kier molecular flexibility index (Phi) is 6.60. The van der Waals surface area contributed by atoms with E-state index in [1.165, 1.54) is 93.2 Å². The van der Waals surface area contributed by atoms with Gasteiger partial charge < -0.3 is 4.57 Å². The first kappa shape index (κ1) is 29.9. The third-order valence-corrected chi connectivity index (χ3v) is 11.1. The topological polar surface area (TPSA) is 17.8 Å². The van der Waals surface area contributed by atoms with Crippen LogP contribution < -0.4 is 0 Å². The minimum absolute atomic E-state index is 0.0660. The molecule has 0 radical (unpaired) electrons. The Labute approximate surface area is 298 Å². The lowest BCUT2D eigenvalue weighted by Crippen LogP contribution is -2.10. The monoisotopic (exact) mass is 654 g/mol. The van der Waals surface area contributed by atoms with Crippen molar-refractivity contribution < 1.29 is 0 Å². The lowest BCUT2D eigenvalue weighted by Gasteiger charge is -2.23. The third-order valence-electron chi connectivity index (χ3n) is 11.1. The molecule has 1 aliphatic carbocycles. The fraction of sp³-hybridized carbons (Fsp3) is 0.122. The highest BCUT2D eigenvalue weighted by atomic mass is 15.0. The van der Waals surface area contributed by atoms with E-state index in [4.69, 9.17) is 0 Å². The summed E-state index contributed by atoms with van der Waals surface area (Å²) in [5.41, 5.74) is 11.4. The predicted octanol–water partition coefficient (Wildman–Crippen LogP) is 13.2. The van der Waals surface area contributed by atoms with Crippen LogP contribution in [-0.2, 0) is 5.41 Å². The Morgan fingerprint density at radius 2 is 1.33 bits per heavy atom. The molecule has 0 bridgehead atoms. The summed E-state index contributed by atoms with van der Waals surface area (Å²) in [6.45, 7) is 6.92. The second-order valence-electron chi connectivity index (χ2n) is 15.2. The predicted molar refractivity (Wildman–Crippen MR) is 217 cm³/mol. The normalized spacial score (nSPS) is 15.1. The molecular weight excluding hydrogens is 617 g/mol. The lowest BCUT2D eigenvalue weighted by atomic mass is 9.80. The van der Waals surface area contributed by atoms with Crippen molar-refractivity contribution in [2.24, 2.45) is 0 Å². The van der Waals surface area contributed by atoms with Crippen molar-refractivity contribution >= 4 is 59.7 Å². The van der Waals surface area contributed by atoms with Crippen molar-refractivity contribution in [2.45, 2.75) is 38.5 Å². The number of nitrogens with zero attached hydrogens (tertiary/aromatic N) is 2. The first-order chi connectivity index (χ1) is 24.9. The molecule has 0 aliphatic heterocycles. The van der Waals surface area contributed by atoms with Gasteiger partial charge in [0.15, 0.2) is 0 Å². The molecular formula is C49H38N2. The van der Waals surface area contributed by atoms with Crippen molar-refractivity contribution in [1.29, 1.82) is 0 Å². The van der Waals surface area contributed by atoms with Gasteiger partial charge in [0.1, 0.15) is 0 Å². The van der Waals surface area contributed by atoms with Gasteiger partial charge in [0.2, 0.25) is 0 Å². The molecule has 2 heterocycles. The number of allylic oxidation sites excluding steroid dienone is 4. The van der Waals surface area contributed by atoms with Gasteiger partial charge in [-0.05, 0) is 114 Å². The van der Waals surface area contributed by atoms with Crippen molar-refractivity contribution in [3.8, 4) is 16.8 Å². The van der Waals surface area contributed by atoms with Crippen LogP contribution in [0, 0.1) is 0 Å². The zero-order valence-electron chi connectivity index (χ0n) is 29.2. The summed E-state index contributed by atoms with van der Waals surface area (Å²) < 4.78 is 2.42. The van der Waals surface area contributed by atoms with Gasteiger partial charge in [-0.1, -0.05) is 130 Å². The number of para-hydroxylation sites is 2. The average Bonchev–Trinajstić information content (AvgIpc) is 3.51. The summed E-state index contributed by atoms with van der Waals surface area (Å²) in [6.07, 6.45) is 11.9. The summed E-state index contributed by atoms with van der Waals surface area (Å²) in [4.78, 5) is 4.39. The summed E-state index contributed by atoms with van der Waals surface area (Å²) >= 11 is 0. The molecule has 0 saturated heterocycles. The Balaban J connectivity index is 1.22. The first-order valence-electron chi connectivity index (χ1n) is 18.1. The van der Waals surface area contributed by atoms with Crippen LogP contribution in [0.15, 0.2) is 158 Å². The van der Waals surface area contributed by atoms with E-state index in [9.17, 15) is 0 Å². The van der Waals surface area contributed by atoms with Gasteiger partial charge in [0.05, 0.1) is 11.0 Å². The van der Waals surface area contributed by atoms with Crippen molar-refractivity contribution in [3.63, 3.8) is 0 Å². The number of rotatable bonds is 4. The summed E-state index contributed by atoms with van der Waals surface area (Å²) in [6, 6.07) is 47.6. The summed E-state index contributed by atoms with van der Waals surface area (Å²) in [5.74, 6) is 0.334. The second kappa shape index (κ2) is 11.3. The maximum absolute atomic E-state index is 4.39. The molecule has 7 aromatic carbocycles. The van der Waals surface area contributed by atoms with Crippen molar-refractivity contribution in [2.75, 3.05) is 0 Å². The van der Waals surface area contributed by atoms with E-state index in [-0.39, 0.29) is 5.41 Å². The van der Waals surface area contributed by atoms with Crippen LogP contribution in [0.5, 0.6) is 0 Å². The molecule has 2 heteroatoms. The zero-order valence-corrected chi connectivity index (χ0v) is 29.2. The number of benzene rings is 7. The Hall–Kier alpha value is -5.99. The van der Waals surface area contributed by atoms with E-state index in [0.29, 0.717) is 5.92 Å².